The van der Waals surface area contributed by atoms with Crippen molar-refractivity contribution in [2.75, 3.05) is 0 Å². The lowest BCUT2D eigenvalue weighted by Crippen LogP contribution is -2.25. The van der Waals surface area contributed by atoms with E-state index in [1.54, 1.807) is 0 Å². The van der Waals surface area contributed by atoms with Gasteiger partial charge in [-0.2, -0.15) is 0 Å². The molecule has 0 N–H and O–H groups in total. The maximum atomic E-state index is 6.97. The molecule has 4 nitrogen and oxygen atoms in total. The van der Waals surface area contributed by atoms with E-state index in [4.69, 9.17) is 19.4 Å². The molecular weight excluding hydrogens is 707 g/mol. The van der Waals surface area contributed by atoms with E-state index < -0.39 is 5.41 Å². The molecule has 0 atom stereocenters. The van der Waals surface area contributed by atoms with Crippen molar-refractivity contribution in [1.82, 2.24) is 15.0 Å². The zero-order valence-electron chi connectivity index (χ0n) is 31.3. The van der Waals surface area contributed by atoms with Crippen molar-refractivity contribution in [3.8, 4) is 78.7 Å². The summed E-state index contributed by atoms with van der Waals surface area (Å²) in [7, 11) is 0. The Bertz CT molecular complexity index is 3170. The van der Waals surface area contributed by atoms with Crippen LogP contribution in [0.5, 0.6) is 0 Å². The van der Waals surface area contributed by atoms with Crippen LogP contribution in [0, 0.1) is 0 Å². The van der Waals surface area contributed by atoms with Crippen LogP contribution in [0.1, 0.15) is 22.5 Å². The Morgan fingerprint density at radius 1 is 0.328 bits per heavy atom. The summed E-state index contributed by atoms with van der Waals surface area (Å²) in [5.74, 6) is 2.89. The smallest absolute Gasteiger partial charge is 0.164 e. The highest BCUT2D eigenvalue weighted by molar-refractivity contribution is 6.05. The lowest BCUT2D eigenvalue weighted by molar-refractivity contribution is 0.507. The maximum absolute atomic E-state index is 6.97. The van der Waals surface area contributed by atoms with Crippen molar-refractivity contribution in [2.24, 2.45) is 0 Å². The fraction of sp³-hybridized carbons (Fsp3) is 0.0185. The van der Waals surface area contributed by atoms with Gasteiger partial charge in [-0.15, -0.1) is 0 Å². The molecule has 12 rings (SSSR count). The number of para-hydroxylation sites is 1. The predicted molar refractivity (Wildman–Crippen MR) is 233 cm³/mol. The third-order valence-electron chi connectivity index (χ3n) is 12.0. The SMILES string of the molecule is c1ccc(-c2ccc(-c3nc(-c4ccccc4)nc(-c4cccc(-c5ccc6c(c5)C5(c7ccccc7-c7ccccc75)c5oc7ccccc7c5-6)c4)n3)cc2)cc1. The summed E-state index contributed by atoms with van der Waals surface area (Å²) in [6, 6.07) is 70.6. The van der Waals surface area contributed by atoms with Gasteiger partial charge in [0.15, 0.2) is 17.5 Å². The van der Waals surface area contributed by atoms with E-state index in [2.05, 4.69) is 164 Å². The molecule has 0 radical (unpaired) electrons. The average Bonchev–Trinajstić information content (AvgIpc) is 3.93. The minimum atomic E-state index is -0.589. The van der Waals surface area contributed by atoms with Gasteiger partial charge in [0.25, 0.3) is 0 Å². The van der Waals surface area contributed by atoms with Crippen LogP contribution in [0.4, 0.5) is 0 Å². The molecular formula is C54H33N3O. The molecule has 0 saturated heterocycles. The van der Waals surface area contributed by atoms with E-state index in [1.165, 1.54) is 44.5 Å². The number of furan rings is 1. The molecule has 0 unspecified atom stereocenters. The summed E-state index contributed by atoms with van der Waals surface area (Å²) < 4.78 is 6.97. The number of aromatic nitrogens is 3. The average molecular weight is 740 g/mol. The van der Waals surface area contributed by atoms with Gasteiger partial charge in [-0.1, -0.05) is 182 Å². The van der Waals surface area contributed by atoms with Crippen LogP contribution in [0.25, 0.3) is 89.6 Å². The second-order valence-corrected chi connectivity index (χ2v) is 15.1. The van der Waals surface area contributed by atoms with Gasteiger partial charge in [0, 0.05) is 27.6 Å². The second kappa shape index (κ2) is 12.7. The molecule has 1 spiro atoms. The van der Waals surface area contributed by atoms with E-state index in [1.807, 2.05) is 36.4 Å². The zero-order chi connectivity index (χ0) is 38.2. The normalized spacial score (nSPS) is 13.0. The standard InChI is InChI=1S/C54H33N3O/c1-3-14-34(15-4-1)35-26-28-37(29-27-35)52-55-51(36-16-5-2-6-17-36)56-53(57-52)40-19-13-18-38(32-40)39-30-31-43-47(33-39)54(50-49(43)44-22-9-12-25-48(44)58-50)45-23-10-7-20-41(45)42-21-8-11-24-46(42)54/h1-33H. The Labute approximate surface area is 335 Å². The van der Waals surface area contributed by atoms with Crippen molar-refractivity contribution in [3.05, 3.63) is 223 Å². The largest absolute Gasteiger partial charge is 0.459 e. The maximum Gasteiger partial charge on any atom is 0.164 e. The fourth-order valence-electron chi connectivity index (χ4n) is 9.35. The molecule has 0 fully saturated rings. The van der Waals surface area contributed by atoms with Crippen LogP contribution >= 0.6 is 0 Å². The van der Waals surface area contributed by atoms with Gasteiger partial charge < -0.3 is 4.42 Å². The van der Waals surface area contributed by atoms with Gasteiger partial charge in [-0.25, -0.2) is 15.0 Å². The molecule has 2 heterocycles. The van der Waals surface area contributed by atoms with Crippen molar-refractivity contribution >= 4 is 11.0 Å². The van der Waals surface area contributed by atoms with Crippen LogP contribution in [0.3, 0.4) is 0 Å². The van der Waals surface area contributed by atoms with Crippen LogP contribution < -0.4 is 0 Å². The molecule has 2 aromatic heterocycles. The first-order valence-electron chi connectivity index (χ1n) is 19.7. The second-order valence-electron chi connectivity index (χ2n) is 15.1. The zero-order valence-corrected chi connectivity index (χ0v) is 31.3. The number of rotatable bonds is 5. The number of fused-ring (bicyclic) bond motifs is 12. The number of benzene rings is 8. The van der Waals surface area contributed by atoms with Crippen LogP contribution in [0.15, 0.2) is 205 Å². The van der Waals surface area contributed by atoms with Gasteiger partial charge in [0.05, 0.1) is 0 Å². The molecule has 8 aromatic carbocycles. The molecule has 4 heteroatoms. The third-order valence-corrected chi connectivity index (χ3v) is 12.0. The molecule has 2 aliphatic rings. The first kappa shape index (κ1) is 32.5. The summed E-state index contributed by atoms with van der Waals surface area (Å²) in [6.45, 7) is 0. The van der Waals surface area contributed by atoms with Gasteiger partial charge in [0.2, 0.25) is 0 Å². The third kappa shape index (κ3) is 4.79. The lowest BCUT2D eigenvalue weighted by Gasteiger charge is -2.28. The highest BCUT2D eigenvalue weighted by atomic mass is 16.3. The summed E-state index contributed by atoms with van der Waals surface area (Å²) in [6.07, 6.45) is 0. The summed E-state index contributed by atoms with van der Waals surface area (Å²) in [5, 5.41) is 1.14. The van der Waals surface area contributed by atoms with Gasteiger partial charge >= 0.3 is 0 Å². The van der Waals surface area contributed by atoms with Crippen molar-refractivity contribution < 1.29 is 4.42 Å². The van der Waals surface area contributed by atoms with Crippen LogP contribution in [-0.4, -0.2) is 15.0 Å². The predicted octanol–water partition coefficient (Wildman–Crippen LogP) is 13.3. The van der Waals surface area contributed by atoms with E-state index in [0.29, 0.717) is 17.5 Å². The molecule has 270 valence electrons. The molecule has 10 aromatic rings. The Hall–Kier alpha value is -7.69. The first-order chi connectivity index (χ1) is 28.7. The van der Waals surface area contributed by atoms with E-state index in [-0.39, 0.29) is 0 Å². The molecule has 0 amide bonds. The highest BCUT2D eigenvalue weighted by Gasteiger charge is 2.55. The molecule has 0 saturated carbocycles. The quantitative estimate of drug-likeness (QED) is 0.176. The van der Waals surface area contributed by atoms with Crippen LogP contribution in [0.2, 0.25) is 0 Å². The van der Waals surface area contributed by atoms with Crippen molar-refractivity contribution in [2.45, 2.75) is 5.41 Å². The topological polar surface area (TPSA) is 51.8 Å². The minimum Gasteiger partial charge on any atom is -0.459 e. The van der Waals surface area contributed by atoms with E-state index >= 15 is 0 Å². The fourth-order valence-corrected chi connectivity index (χ4v) is 9.35. The highest BCUT2D eigenvalue weighted by Crippen LogP contribution is 2.64. The summed E-state index contributed by atoms with van der Waals surface area (Å²) in [4.78, 5) is 15.2. The number of hydrogen-bond acceptors (Lipinski definition) is 4. The lowest BCUT2D eigenvalue weighted by atomic mass is 9.72. The summed E-state index contributed by atoms with van der Waals surface area (Å²) >= 11 is 0. The van der Waals surface area contributed by atoms with Crippen molar-refractivity contribution in [3.63, 3.8) is 0 Å². The Kier molecular flexibility index (Phi) is 7.11. The van der Waals surface area contributed by atoms with Gasteiger partial charge in [0.1, 0.15) is 16.8 Å². The van der Waals surface area contributed by atoms with E-state index in [0.717, 1.165) is 50.1 Å². The molecule has 2 aliphatic carbocycles. The Balaban J connectivity index is 1.02. The number of nitrogens with zero attached hydrogens (tertiary/aromatic N) is 3. The monoisotopic (exact) mass is 739 g/mol. The molecule has 58 heavy (non-hydrogen) atoms. The number of hydrogen-bond donors (Lipinski definition) is 0. The molecule has 0 aliphatic heterocycles. The van der Waals surface area contributed by atoms with Gasteiger partial charge in [-0.05, 0) is 73.8 Å². The minimum absolute atomic E-state index is 0.589. The summed E-state index contributed by atoms with van der Waals surface area (Å²) in [5.41, 5.74) is 16.3. The Morgan fingerprint density at radius 2 is 0.810 bits per heavy atom. The van der Waals surface area contributed by atoms with Crippen LogP contribution in [-0.2, 0) is 5.41 Å². The van der Waals surface area contributed by atoms with Crippen molar-refractivity contribution in [1.29, 1.82) is 0 Å². The van der Waals surface area contributed by atoms with E-state index in [9.17, 15) is 0 Å². The van der Waals surface area contributed by atoms with Gasteiger partial charge in [-0.3, -0.25) is 0 Å². The first-order valence-corrected chi connectivity index (χ1v) is 19.7. The Morgan fingerprint density at radius 3 is 1.52 bits per heavy atom. The molecule has 0 bridgehead atoms.